The first kappa shape index (κ1) is 9.76. The van der Waals surface area contributed by atoms with E-state index in [2.05, 4.69) is 16.9 Å². The maximum absolute atomic E-state index is 5.59. The van der Waals surface area contributed by atoms with Crippen LogP contribution in [0.15, 0.2) is 17.0 Å². The minimum absolute atomic E-state index is 0.341. The molecule has 0 aromatic carbocycles. The summed E-state index contributed by atoms with van der Waals surface area (Å²) in [5, 5.41) is 6.08. The van der Waals surface area contributed by atoms with E-state index < -0.39 is 0 Å². The molecule has 0 spiro atoms. The summed E-state index contributed by atoms with van der Waals surface area (Å²) < 4.78 is 0. The second-order valence-corrected chi connectivity index (χ2v) is 4.83. The molecule has 2 rings (SSSR count). The van der Waals surface area contributed by atoms with Crippen molar-refractivity contribution in [3.63, 3.8) is 0 Å². The van der Waals surface area contributed by atoms with Crippen molar-refractivity contribution in [3.05, 3.63) is 22.0 Å². The van der Waals surface area contributed by atoms with Crippen LogP contribution in [0.25, 0.3) is 10.7 Å². The van der Waals surface area contributed by atoms with Crippen LogP contribution < -0.4 is 5.73 Å². The van der Waals surface area contributed by atoms with Gasteiger partial charge in [0.05, 0.1) is 5.01 Å². The van der Waals surface area contributed by atoms with Crippen molar-refractivity contribution in [2.45, 2.75) is 12.8 Å². The number of aromatic nitrogens is 2. The molecule has 74 valence electrons. The van der Waals surface area contributed by atoms with E-state index in [0.717, 1.165) is 15.7 Å². The molecular formula is C9H11N3S2. The van der Waals surface area contributed by atoms with Gasteiger partial charge in [0.1, 0.15) is 10.7 Å². The number of hydrogen-bond donors (Lipinski definition) is 1. The molecule has 0 aliphatic carbocycles. The quantitative estimate of drug-likeness (QED) is 0.872. The first-order valence-corrected chi connectivity index (χ1v) is 6.12. The summed E-state index contributed by atoms with van der Waals surface area (Å²) in [7, 11) is 0. The van der Waals surface area contributed by atoms with E-state index in [0.29, 0.717) is 12.5 Å². The zero-order valence-corrected chi connectivity index (χ0v) is 9.44. The van der Waals surface area contributed by atoms with Gasteiger partial charge in [-0.15, -0.1) is 22.7 Å². The van der Waals surface area contributed by atoms with Crippen LogP contribution in [0, 0.1) is 0 Å². The summed E-state index contributed by atoms with van der Waals surface area (Å²) in [5.41, 5.74) is 6.56. The molecule has 0 fully saturated rings. The zero-order chi connectivity index (χ0) is 9.97. The van der Waals surface area contributed by atoms with Gasteiger partial charge >= 0.3 is 0 Å². The van der Waals surface area contributed by atoms with Crippen LogP contribution in [0.4, 0.5) is 0 Å². The van der Waals surface area contributed by atoms with Crippen molar-refractivity contribution in [1.29, 1.82) is 0 Å². The molecule has 0 aliphatic heterocycles. The van der Waals surface area contributed by atoms with E-state index in [-0.39, 0.29) is 0 Å². The Morgan fingerprint density at radius 1 is 1.50 bits per heavy atom. The highest BCUT2D eigenvalue weighted by atomic mass is 32.1. The average Bonchev–Trinajstić information content (AvgIpc) is 2.86. The van der Waals surface area contributed by atoms with Gasteiger partial charge in [0.15, 0.2) is 0 Å². The second-order valence-electron chi connectivity index (χ2n) is 3.04. The van der Waals surface area contributed by atoms with Gasteiger partial charge in [0.2, 0.25) is 0 Å². The summed E-state index contributed by atoms with van der Waals surface area (Å²) >= 11 is 3.27. The topological polar surface area (TPSA) is 51.8 Å². The Kier molecular flexibility index (Phi) is 2.90. The Morgan fingerprint density at radius 2 is 2.36 bits per heavy atom. The summed E-state index contributed by atoms with van der Waals surface area (Å²) in [5.74, 6) is 0.341. The molecule has 0 amide bonds. The van der Waals surface area contributed by atoms with Gasteiger partial charge in [-0.25, -0.2) is 9.97 Å². The van der Waals surface area contributed by atoms with E-state index in [1.54, 1.807) is 28.9 Å². The number of nitrogens with zero attached hydrogens (tertiary/aromatic N) is 2. The predicted octanol–water partition coefficient (Wildman–Crippen LogP) is 2.33. The molecule has 14 heavy (non-hydrogen) atoms. The van der Waals surface area contributed by atoms with Crippen LogP contribution in [-0.2, 0) is 0 Å². The highest BCUT2D eigenvalue weighted by molar-refractivity contribution is 7.14. The predicted molar refractivity (Wildman–Crippen MR) is 60.7 cm³/mol. The minimum atomic E-state index is 0.341. The van der Waals surface area contributed by atoms with Crippen LogP contribution in [0.2, 0.25) is 0 Å². The summed E-state index contributed by atoms with van der Waals surface area (Å²) in [6, 6.07) is 0. The Morgan fingerprint density at radius 3 is 3.00 bits per heavy atom. The normalized spacial score (nSPS) is 13.0. The molecule has 2 aromatic heterocycles. The fourth-order valence-electron chi connectivity index (χ4n) is 1.06. The summed E-state index contributed by atoms with van der Waals surface area (Å²) in [4.78, 5) is 8.73. The third kappa shape index (κ3) is 1.84. The fourth-order valence-corrected chi connectivity index (χ4v) is 2.61. The minimum Gasteiger partial charge on any atom is -0.330 e. The molecule has 0 bridgehead atoms. The molecule has 5 heteroatoms. The standard InChI is InChI=1S/C9H11N3S2/c1-6(4-10)8-12-7(5-14-8)9-11-2-3-13-9/h2-3,5-6H,4,10H2,1H3. The molecule has 2 heterocycles. The van der Waals surface area contributed by atoms with E-state index in [1.165, 1.54) is 0 Å². The van der Waals surface area contributed by atoms with Crippen molar-refractivity contribution >= 4 is 22.7 Å². The second kappa shape index (κ2) is 4.16. The van der Waals surface area contributed by atoms with E-state index in [1.807, 2.05) is 10.8 Å². The van der Waals surface area contributed by atoms with Crippen LogP contribution >= 0.6 is 22.7 Å². The molecule has 1 unspecified atom stereocenters. The molecule has 0 radical (unpaired) electrons. The SMILES string of the molecule is CC(CN)c1nc(-c2nccs2)cs1. The van der Waals surface area contributed by atoms with Crippen molar-refractivity contribution < 1.29 is 0 Å². The number of hydrogen-bond acceptors (Lipinski definition) is 5. The Labute approximate surface area is 90.6 Å². The summed E-state index contributed by atoms with van der Waals surface area (Å²) in [6.45, 7) is 2.73. The monoisotopic (exact) mass is 225 g/mol. The Hall–Kier alpha value is -0.780. The molecule has 0 aliphatic rings. The van der Waals surface area contributed by atoms with Crippen molar-refractivity contribution in [2.75, 3.05) is 6.54 Å². The smallest absolute Gasteiger partial charge is 0.142 e. The van der Waals surface area contributed by atoms with Crippen LogP contribution in [-0.4, -0.2) is 16.5 Å². The summed E-state index contributed by atoms with van der Waals surface area (Å²) in [6.07, 6.45) is 1.80. The van der Waals surface area contributed by atoms with Crippen molar-refractivity contribution in [2.24, 2.45) is 5.73 Å². The number of thiazole rings is 2. The maximum Gasteiger partial charge on any atom is 0.142 e. The van der Waals surface area contributed by atoms with E-state index >= 15 is 0 Å². The van der Waals surface area contributed by atoms with Gasteiger partial charge in [-0.1, -0.05) is 6.92 Å². The first-order chi connectivity index (χ1) is 6.81. The maximum atomic E-state index is 5.59. The van der Waals surface area contributed by atoms with Gasteiger partial charge < -0.3 is 5.73 Å². The van der Waals surface area contributed by atoms with Crippen LogP contribution in [0.1, 0.15) is 17.8 Å². The van der Waals surface area contributed by atoms with Crippen LogP contribution in [0.3, 0.4) is 0 Å². The largest absolute Gasteiger partial charge is 0.330 e. The highest BCUT2D eigenvalue weighted by Crippen LogP contribution is 2.26. The third-order valence-electron chi connectivity index (χ3n) is 1.95. The van der Waals surface area contributed by atoms with E-state index in [9.17, 15) is 0 Å². The Balaban J connectivity index is 2.26. The number of nitrogens with two attached hydrogens (primary N) is 1. The lowest BCUT2D eigenvalue weighted by Crippen LogP contribution is -2.08. The third-order valence-corrected chi connectivity index (χ3v) is 3.82. The molecular weight excluding hydrogens is 214 g/mol. The lowest BCUT2D eigenvalue weighted by atomic mass is 10.2. The average molecular weight is 225 g/mol. The van der Waals surface area contributed by atoms with Crippen LogP contribution in [0.5, 0.6) is 0 Å². The molecule has 3 nitrogen and oxygen atoms in total. The molecule has 2 N–H and O–H groups in total. The molecule has 0 saturated heterocycles. The van der Waals surface area contributed by atoms with Gasteiger partial charge in [-0.2, -0.15) is 0 Å². The van der Waals surface area contributed by atoms with E-state index in [4.69, 9.17) is 5.73 Å². The van der Waals surface area contributed by atoms with Crippen molar-refractivity contribution in [1.82, 2.24) is 9.97 Å². The highest BCUT2D eigenvalue weighted by Gasteiger charge is 2.10. The fraction of sp³-hybridized carbons (Fsp3) is 0.333. The molecule has 2 aromatic rings. The Bertz CT molecular complexity index is 394. The lowest BCUT2D eigenvalue weighted by molar-refractivity contribution is 0.766. The molecule has 0 saturated carbocycles. The van der Waals surface area contributed by atoms with Gasteiger partial charge in [0, 0.05) is 29.4 Å². The first-order valence-electron chi connectivity index (χ1n) is 4.36. The van der Waals surface area contributed by atoms with Gasteiger partial charge in [-0.05, 0) is 0 Å². The molecule has 1 atom stereocenters. The van der Waals surface area contributed by atoms with Crippen molar-refractivity contribution in [3.8, 4) is 10.7 Å². The lowest BCUT2D eigenvalue weighted by Gasteiger charge is -2.01. The van der Waals surface area contributed by atoms with Gasteiger partial charge in [-0.3, -0.25) is 0 Å². The van der Waals surface area contributed by atoms with Gasteiger partial charge in [0.25, 0.3) is 0 Å². The number of rotatable bonds is 3. The zero-order valence-electron chi connectivity index (χ0n) is 7.80.